The van der Waals surface area contributed by atoms with Gasteiger partial charge in [0.25, 0.3) is 0 Å². The summed E-state index contributed by atoms with van der Waals surface area (Å²) < 4.78 is 0. The molecule has 0 radical (unpaired) electrons. The van der Waals surface area contributed by atoms with Gasteiger partial charge in [-0.2, -0.15) is 4.80 Å². The van der Waals surface area contributed by atoms with Crippen molar-refractivity contribution in [2.24, 2.45) is 0 Å². The summed E-state index contributed by atoms with van der Waals surface area (Å²) in [6, 6.07) is 8.26. The lowest BCUT2D eigenvalue weighted by atomic mass is 10.1. The largest absolute Gasteiger partial charge is 0.352 e. The number of aromatic nitrogens is 4. The summed E-state index contributed by atoms with van der Waals surface area (Å²) >= 11 is 0. The van der Waals surface area contributed by atoms with Gasteiger partial charge in [-0.15, -0.1) is 10.2 Å². The van der Waals surface area contributed by atoms with Crippen LogP contribution in [0.2, 0.25) is 0 Å². The molecule has 0 saturated heterocycles. The van der Waals surface area contributed by atoms with Crippen molar-refractivity contribution in [2.75, 3.05) is 0 Å². The molecule has 0 aliphatic heterocycles. The first kappa shape index (κ1) is 16.1. The molecule has 0 aliphatic carbocycles. The molecule has 1 aromatic heterocycles. The van der Waals surface area contributed by atoms with Gasteiger partial charge in [-0.25, -0.2) is 0 Å². The van der Waals surface area contributed by atoms with Crippen molar-refractivity contribution in [2.45, 2.75) is 52.6 Å². The van der Waals surface area contributed by atoms with Crippen molar-refractivity contribution in [3.05, 3.63) is 29.8 Å². The summed E-state index contributed by atoms with van der Waals surface area (Å²) in [6.45, 7) is 6.32. The molecule has 0 spiro atoms. The summed E-state index contributed by atoms with van der Waals surface area (Å²) in [5.74, 6) is 0.456. The molecule has 0 aliphatic rings. The number of carbonyl (C=O) groups is 1. The fraction of sp³-hybridized carbons (Fsp3) is 0.500. The molecule has 1 aromatic carbocycles. The molecule has 118 valence electrons. The summed E-state index contributed by atoms with van der Waals surface area (Å²) in [5, 5.41) is 15.2. The van der Waals surface area contributed by atoms with Gasteiger partial charge in [-0.05, 0) is 30.0 Å². The maximum absolute atomic E-state index is 11.9. The Hall–Kier alpha value is -2.24. The molecule has 0 bridgehead atoms. The zero-order chi connectivity index (χ0) is 15.9. The third-order valence-electron chi connectivity index (χ3n) is 3.71. The maximum atomic E-state index is 11.9. The lowest BCUT2D eigenvalue weighted by molar-refractivity contribution is -0.122. The number of hydrogen-bond acceptors (Lipinski definition) is 4. The fourth-order valence-corrected chi connectivity index (χ4v) is 2.21. The lowest BCUT2D eigenvalue weighted by Gasteiger charge is -2.13. The second-order valence-electron chi connectivity index (χ2n) is 5.27. The Morgan fingerprint density at radius 1 is 1.18 bits per heavy atom. The summed E-state index contributed by atoms with van der Waals surface area (Å²) in [4.78, 5) is 13.3. The summed E-state index contributed by atoms with van der Waals surface area (Å²) in [7, 11) is 0. The summed E-state index contributed by atoms with van der Waals surface area (Å²) in [6.07, 6.45) is 2.83. The highest BCUT2D eigenvalue weighted by molar-refractivity contribution is 5.75. The number of amides is 1. The number of nitrogens with one attached hydrogen (secondary N) is 1. The van der Waals surface area contributed by atoms with E-state index in [0.717, 1.165) is 24.8 Å². The van der Waals surface area contributed by atoms with Gasteiger partial charge in [0, 0.05) is 11.6 Å². The second kappa shape index (κ2) is 7.68. The molecule has 22 heavy (non-hydrogen) atoms. The van der Waals surface area contributed by atoms with Crippen LogP contribution in [0, 0.1) is 0 Å². The average Bonchev–Trinajstić information content (AvgIpc) is 3.01. The van der Waals surface area contributed by atoms with Crippen LogP contribution in [-0.2, 0) is 17.8 Å². The molecule has 0 unspecified atom stereocenters. The zero-order valence-corrected chi connectivity index (χ0v) is 13.4. The van der Waals surface area contributed by atoms with Crippen LogP contribution < -0.4 is 5.32 Å². The third kappa shape index (κ3) is 4.13. The standard InChI is InChI=1S/C16H23N5O/c1-4-12-7-9-13(10-8-12)16-18-20-21(19-16)11-15(22)17-14(5-2)6-3/h7-10,14H,4-6,11H2,1-3H3,(H,17,22). The molecule has 0 saturated carbocycles. The number of benzene rings is 1. The molecular formula is C16H23N5O. The Labute approximate surface area is 130 Å². The van der Waals surface area contributed by atoms with Crippen LogP contribution >= 0.6 is 0 Å². The van der Waals surface area contributed by atoms with Gasteiger partial charge in [0.05, 0.1) is 0 Å². The van der Waals surface area contributed by atoms with Gasteiger partial charge in [0.15, 0.2) is 0 Å². The molecule has 1 heterocycles. The Kier molecular flexibility index (Phi) is 5.63. The minimum Gasteiger partial charge on any atom is -0.352 e. The second-order valence-corrected chi connectivity index (χ2v) is 5.27. The molecule has 1 amide bonds. The Morgan fingerprint density at radius 3 is 2.45 bits per heavy atom. The first-order chi connectivity index (χ1) is 10.7. The topological polar surface area (TPSA) is 72.7 Å². The molecule has 6 heteroatoms. The van der Waals surface area contributed by atoms with E-state index in [2.05, 4.69) is 53.6 Å². The van der Waals surface area contributed by atoms with Crippen LogP contribution in [0.4, 0.5) is 0 Å². The van der Waals surface area contributed by atoms with Crippen LogP contribution in [0.3, 0.4) is 0 Å². The average molecular weight is 301 g/mol. The van der Waals surface area contributed by atoms with Crippen LogP contribution in [0.25, 0.3) is 11.4 Å². The highest BCUT2D eigenvalue weighted by atomic mass is 16.2. The van der Waals surface area contributed by atoms with Crippen LogP contribution in [0.5, 0.6) is 0 Å². The van der Waals surface area contributed by atoms with Gasteiger partial charge < -0.3 is 5.32 Å². The van der Waals surface area contributed by atoms with Crippen molar-refractivity contribution < 1.29 is 4.79 Å². The van der Waals surface area contributed by atoms with E-state index in [-0.39, 0.29) is 18.5 Å². The number of rotatable bonds is 7. The molecule has 0 atom stereocenters. The van der Waals surface area contributed by atoms with E-state index in [1.165, 1.54) is 10.4 Å². The van der Waals surface area contributed by atoms with Crippen molar-refractivity contribution in [1.29, 1.82) is 0 Å². The van der Waals surface area contributed by atoms with Gasteiger partial charge in [-0.3, -0.25) is 4.79 Å². The zero-order valence-electron chi connectivity index (χ0n) is 13.4. The number of hydrogen-bond donors (Lipinski definition) is 1. The fourth-order valence-electron chi connectivity index (χ4n) is 2.21. The van der Waals surface area contributed by atoms with E-state index < -0.39 is 0 Å². The Balaban J connectivity index is 2.00. The van der Waals surface area contributed by atoms with Crippen molar-refractivity contribution in [1.82, 2.24) is 25.5 Å². The van der Waals surface area contributed by atoms with Crippen LogP contribution in [-0.4, -0.2) is 32.2 Å². The Bertz CT molecular complexity index is 601. The quantitative estimate of drug-likeness (QED) is 0.851. The highest BCUT2D eigenvalue weighted by Crippen LogP contribution is 2.14. The Morgan fingerprint density at radius 2 is 1.86 bits per heavy atom. The lowest BCUT2D eigenvalue weighted by Crippen LogP contribution is -2.36. The predicted molar refractivity (Wildman–Crippen MR) is 85.1 cm³/mol. The monoisotopic (exact) mass is 301 g/mol. The first-order valence-corrected chi connectivity index (χ1v) is 7.82. The third-order valence-corrected chi connectivity index (χ3v) is 3.71. The van der Waals surface area contributed by atoms with Crippen LogP contribution in [0.1, 0.15) is 39.2 Å². The van der Waals surface area contributed by atoms with Gasteiger partial charge in [-0.1, -0.05) is 45.0 Å². The molecule has 6 nitrogen and oxygen atoms in total. The minimum absolute atomic E-state index is 0.0843. The van der Waals surface area contributed by atoms with Crippen molar-refractivity contribution in [3.8, 4) is 11.4 Å². The normalized spacial score (nSPS) is 10.9. The van der Waals surface area contributed by atoms with Gasteiger partial charge in [0.1, 0.15) is 6.54 Å². The van der Waals surface area contributed by atoms with Gasteiger partial charge >= 0.3 is 0 Å². The van der Waals surface area contributed by atoms with E-state index in [1.807, 2.05) is 12.1 Å². The predicted octanol–water partition coefficient (Wildman–Crippen LogP) is 2.21. The molecule has 0 fully saturated rings. The highest BCUT2D eigenvalue weighted by Gasteiger charge is 2.12. The number of carbonyl (C=O) groups excluding carboxylic acids is 1. The molecule has 1 N–H and O–H groups in total. The van der Waals surface area contributed by atoms with E-state index in [4.69, 9.17) is 0 Å². The SMILES string of the molecule is CCc1ccc(-c2nnn(CC(=O)NC(CC)CC)n2)cc1. The number of nitrogens with zero attached hydrogens (tertiary/aromatic N) is 4. The summed E-state index contributed by atoms with van der Waals surface area (Å²) in [5.41, 5.74) is 2.17. The van der Waals surface area contributed by atoms with Crippen LogP contribution in [0.15, 0.2) is 24.3 Å². The number of tetrazole rings is 1. The number of aryl methyl sites for hydroxylation is 1. The maximum Gasteiger partial charge on any atom is 0.243 e. The van der Waals surface area contributed by atoms with E-state index >= 15 is 0 Å². The molecule has 2 rings (SSSR count). The van der Waals surface area contributed by atoms with E-state index in [9.17, 15) is 4.79 Å². The van der Waals surface area contributed by atoms with E-state index in [1.54, 1.807) is 0 Å². The smallest absolute Gasteiger partial charge is 0.243 e. The van der Waals surface area contributed by atoms with Crippen molar-refractivity contribution in [3.63, 3.8) is 0 Å². The minimum atomic E-state index is -0.0843. The van der Waals surface area contributed by atoms with Gasteiger partial charge in [0.2, 0.25) is 11.7 Å². The first-order valence-electron chi connectivity index (χ1n) is 7.82. The molecule has 2 aromatic rings. The van der Waals surface area contributed by atoms with Crippen molar-refractivity contribution >= 4 is 5.91 Å². The molecular weight excluding hydrogens is 278 g/mol. The van der Waals surface area contributed by atoms with E-state index in [0.29, 0.717) is 5.82 Å².